The highest BCUT2D eigenvalue weighted by molar-refractivity contribution is 5.85. The summed E-state index contributed by atoms with van der Waals surface area (Å²) in [6.07, 6.45) is 2.65. The summed E-state index contributed by atoms with van der Waals surface area (Å²) in [4.78, 5) is 11.3. The summed E-state index contributed by atoms with van der Waals surface area (Å²) in [5.74, 6) is 0.0703. The first-order chi connectivity index (χ1) is 5.84. The van der Waals surface area contributed by atoms with Crippen LogP contribution in [0.25, 0.3) is 0 Å². The maximum Gasteiger partial charge on any atom is 0.237 e. The Morgan fingerprint density at radius 2 is 2.38 bits per heavy atom. The lowest BCUT2D eigenvalue weighted by atomic mass is 10.2. The molecule has 4 nitrogen and oxygen atoms in total. The van der Waals surface area contributed by atoms with Crippen LogP contribution in [0.15, 0.2) is 0 Å². The summed E-state index contributed by atoms with van der Waals surface area (Å²) in [6, 6.07) is 0.00342. The van der Waals surface area contributed by atoms with Gasteiger partial charge in [0.05, 0.1) is 6.04 Å². The van der Waals surface area contributed by atoms with Crippen molar-refractivity contribution in [3.63, 3.8) is 0 Å². The molecule has 0 aromatic heterocycles. The van der Waals surface area contributed by atoms with E-state index in [0.29, 0.717) is 13.0 Å². The minimum atomic E-state index is 0. The zero-order chi connectivity index (χ0) is 8.81. The lowest BCUT2D eigenvalue weighted by Gasteiger charge is -2.09. The maximum absolute atomic E-state index is 11.3. The Morgan fingerprint density at radius 1 is 1.62 bits per heavy atom. The molecule has 1 heterocycles. The molecule has 0 saturated carbocycles. The van der Waals surface area contributed by atoms with Crippen LogP contribution in [-0.4, -0.2) is 36.8 Å². The Labute approximate surface area is 84.5 Å². The molecule has 0 spiro atoms. The second-order valence-corrected chi connectivity index (χ2v) is 3.02. The van der Waals surface area contributed by atoms with Crippen LogP contribution in [0.4, 0.5) is 0 Å². The highest BCUT2D eigenvalue weighted by atomic mass is 35.5. The normalized spacial score (nSPS) is 20.8. The van der Waals surface area contributed by atoms with Gasteiger partial charge >= 0.3 is 0 Å². The van der Waals surface area contributed by atoms with E-state index in [0.717, 1.165) is 19.4 Å². The first-order valence-electron chi connectivity index (χ1n) is 4.46. The van der Waals surface area contributed by atoms with Gasteiger partial charge in [-0.1, -0.05) is 0 Å². The van der Waals surface area contributed by atoms with Crippen molar-refractivity contribution >= 4 is 18.3 Å². The number of carbonyl (C=O) groups is 1. The number of rotatable bonds is 4. The molecule has 1 saturated heterocycles. The van der Waals surface area contributed by atoms with E-state index >= 15 is 0 Å². The average molecular weight is 209 g/mol. The Balaban J connectivity index is 0.00000144. The van der Waals surface area contributed by atoms with Crippen molar-refractivity contribution in [3.05, 3.63) is 0 Å². The predicted octanol–water partition coefficient (Wildman–Crippen LogP) is -0.341. The molecule has 5 heteroatoms. The predicted molar refractivity (Wildman–Crippen MR) is 53.0 cm³/mol. The first kappa shape index (κ1) is 12.7. The zero-order valence-corrected chi connectivity index (χ0v) is 8.40. The zero-order valence-electron chi connectivity index (χ0n) is 7.58. The molecule has 0 aromatic rings. The SMILES string of the molecule is Cl.O=C(NCCCO)C1CCCN1. The van der Waals surface area contributed by atoms with Gasteiger partial charge in [-0.2, -0.15) is 0 Å². The Morgan fingerprint density at radius 3 is 2.92 bits per heavy atom. The van der Waals surface area contributed by atoms with Crippen LogP contribution >= 0.6 is 12.4 Å². The van der Waals surface area contributed by atoms with Gasteiger partial charge in [0.2, 0.25) is 5.91 Å². The van der Waals surface area contributed by atoms with Crippen molar-refractivity contribution in [1.82, 2.24) is 10.6 Å². The third kappa shape index (κ3) is 4.45. The molecular weight excluding hydrogens is 192 g/mol. The first-order valence-corrected chi connectivity index (χ1v) is 4.46. The summed E-state index contributed by atoms with van der Waals surface area (Å²) in [5, 5.41) is 14.4. The highest BCUT2D eigenvalue weighted by Gasteiger charge is 2.20. The highest BCUT2D eigenvalue weighted by Crippen LogP contribution is 2.03. The lowest BCUT2D eigenvalue weighted by Crippen LogP contribution is -2.40. The van der Waals surface area contributed by atoms with E-state index in [1.165, 1.54) is 0 Å². The number of hydrogen-bond donors (Lipinski definition) is 3. The fourth-order valence-electron chi connectivity index (χ4n) is 1.32. The van der Waals surface area contributed by atoms with E-state index in [4.69, 9.17) is 5.11 Å². The quantitative estimate of drug-likeness (QED) is 0.554. The van der Waals surface area contributed by atoms with Crippen LogP contribution in [-0.2, 0) is 4.79 Å². The van der Waals surface area contributed by atoms with Crippen molar-refractivity contribution in [2.75, 3.05) is 19.7 Å². The fraction of sp³-hybridized carbons (Fsp3) is 0.875. The molecule has 1 amide bonds. The van der Waals surface area contributed by atoms with E-state index in [2.05, 4.69) is 10.6 Å². The van der Waals surface area contributed by atoms with E-state index < -0.39 is 0 Å². The van der Waals surface area contributed by atoms with Gasteiger partial charge in [-0.15, -0.1) is 12.4 Å². The van der Waals surface area contributed by atoms with Crippen molar-refractivity contribution < 1.29 is 9.90 Å². The van der Waals surface area contributed by atoms with Crippen LogP contribution in [0, 0.1) is 0 Å². The number of halogens is 1. The Bertz CT molecular complexity index is 149. The third-order valence-electron chi connectivity index (χ3n) is 2.01. The van der Waals surface area contributed by atoms with Gasteiger partial charge in [0.15, 0.2) is 0 Å². The van der Waals surface area contributed by atoms with Gasteiger partial charge in [0, 0.05) is 13.2 Å². The monoisotopic (exact) mass is 208 g/mol. The minimum Gasteiger partial charge on any atom is -0.396 e. The molecule has 0 aliphatic carbocycles. The number of aliphatic hydroxyl groups is 1. The van der Waals surface area contributed by atoms with Gasteiger partial charge in [-0.25, -0.2) is 0 Å². The number of aliphatic hydroxyl groups excluding tert-OH is 1. The summed E-state index contributed by atoms with van der Waals surface area (Å²) in [6.45, 7) is 1.66. The van der Waals surface area contributed by atoms with Crippen molar-refractivity contribution in [2.24, 2.45) is 0 Å². The molecule has 1 rings (SSSR count). The maximum atomic E-state index is 11.3. The summed E-state index contributed by atoms with van der Waals surface area (Å²) in [5.41, 5.74) is 0. The number of hydrogen-bond acceptors (Lipinski definition) is 3. The van der Waals surface area contributed by atoms with Gasteiger partial charge < -0.3 is 15.7 Å². The van der Waals surface area contributed by atoms with Gasteiger partial charge in [0.1, 0.15) is 0 Å². The van der Waals surface area contributed by atoms with Gasteiger partial charge in [0.25, 0.3) is 0 Å². The molecule has 13 heavy (non-hydrogen) atoms. The smallest absolute Gasteiger partial charge is 0.237 e. The van der Waals surface area contributed by atoms with Crippen LogP contribution < -0.4 is 10.6 Å². The molecule has 0 radical (unpaired) electrons. The molecule has 1 fully saturated rings. The van der Waals surface area contributed by atoms with Crippen LogP contribution in [0.3, 0.4) is 0 Å². The largest absolute Gasteiger partial charge is 0.396 e. The van der Waals surface area contributed by atoms with Crippen LogP contribution in [0.1, 0.15) is 19.3 Å². The second-order valence-electron chi connectivity index (χ2n) is 3.02. The van der Waals surface area contributed by atoms with Crippen molar-refractivity contribution in [1.29, 1.82) is 0 Å². The molecule has 0 bridgehead atoms. The van der Waals surface area contributed by atoms with E-state index in [1.54, 1.807) is 0 Å². The molecular formula is C8H17ClN2O2. The van der Waals surface area contributed by atoms with Gasteiger partial charge in [-0.3, -0.25) is 4.79 Å². The Kier molecular flexibility index (Phi) is 6.94. The number of carbonyl (C=O) groups excluding carboxylic acids is 1. The van der Waals surface area contributed by atoms with E-state index in [-0.39, 0.29) is 31.0 Å². The van der Waals surface area contributed by atoms with Gasteiger partial charge in [-0.05, 0) is 25.8 Å². The van der Waals surface area contributed by atoms with Crippen molar-refractivity contribution in [3.8, 4) is 0 Å². The minimum absolute atomic E-state index is 0. The summed E-state index contributed by atoms with van der Waals surface area (Å²) in [7, 11) is 0. The lowest BCUT2D eigenvalue weighted by molar-refractivity contribution is -0.122. The molecule has 1 aliphatic rings. The molecule has 0 aromatic carbocycles. The average Bonchev–Trinajstić information content (AvgIpc) is 2.56. The number of amides is 1. The Hall–Kier alpha value is -0.320. The standard InChI is InChI=1S/C8H16N2O2.ClH/c11-6-2-5-10-8(12)7-3-1-4-9-7;/h7,9,11H,1-6H2,(H,10,12);1H. The molecule has 1 aliphatic heterocycles. The topological polar surface area (TPSA) is 61.4 Å². The van der Waals surface area contributed by atoms with E-state index in [1.807, 2.05) is 0 Å². The fourth-order valence-corrected chi connectivity index (χ4v) is 1.32. The summed E-state index contributed by atoms with van der Waals surface area (Å²) >= 11 is 0. The van der Waals surface area contributed by atoms with Crippen molar-refractivity contribution in [2.45, 2.75) is 25.3 Å². The van der Waals surface area contributed by atoms with Crippen LogP contribution in [0.2, 0.25) is 0 Å². The van der Waals surface area contributed by atoms with E-state index in [9.17, 15) is 4.79 Å². The molecule has 3 N–H and O–H groups in total. The van der Waals surface area contributed by atoms with Crippen LogP contribution in [0.5, 0.6) is 0 Å². The molecule has 1 unspecified atom stereocenters. The second kappa shape index (κ2) is 7.12. The number of nitrogens with one attached hydrogen (secondary N) is 2. The summed E-state index contributed by atoms with van der Waals surface area (Å²) < 4.78 is 0. The molecule has 1 atom stereocenters. The third-order valence-corrected chi connectivity index (χ3v) is 2.01. The molecule has 78 valence electrons.